The first-order chi connectivity index (χ1) is 8.24. The molecular weight excluding hydrogens is 214 g/mol. The SMILES string of the molecule is CCCC[C@H](NCCC1CCCCC1)C(=O)O. The highest BCUT2D eigenvalue weighted by atomic mass is 16.4. The highest BCUT2D eigenvalue weighted by Gasteiger charge is 2.17. The molecule has 2 N–H and O–H groups in total. The maximum absolute atomic E-state index is 11.0. The van der Waals surface area contributed by atoms with E-state index in [2.05, 4.69) is 12.2 Å². The molecule has 3 heteroatoms. The van der Waals surface area contributed by atoms with Gasteiger partial charge in [-0.05, 0) is 25.3 Å². The van der Waals surface area contributed by atoms with Crippen LogP contribution in [0.25, 0.3) is 0 Å². The molecule has 100 valence electrons. The summed E-state index contributed by atoms with van der Waals surface area (Å²) in [7, 11) is 0. The van der Waals surface area contributed by atoms with Crippen molar-refractivity contribution in [1.82, 2.24) is 5.32 Å². The Morgan fingerprint density at radius 3 is 2.65 bits per heavy atom. The van der Waals surface area contributed by atoms with Crippen LogP contribution in [0, 0.1) is 5.92 Å². The van der Waals surface area contributed by atoms with Crippen LogP contribution in [-0.2, 0) is 4.79 Å². The maximum Gasteiger partial charge on any atom is 0.320 e. The van der Waals surface area contributed by atoms with Gasteiger partial charge in [-0.15, -0.1) is 0 Å². The third-order valence-electron chi connectivity index (χ3n) is 3.81. The Hall–Kier alpha value is -0.570. The number of aliphatic carboxylic acids is 1. The van der Waals surface area contributed by atoms with Crippen LogP contribution in [0.4, 0.5) is 0 Å². The lowest BCUT2D eigenvalue weighted by molar-refractivity contribution is -0.139. The molecule has 17 heavy (non-hydrogen) atoms. The summed E-state index contributed by atoms with van der Waals surface area (Å²) >= 11 is 0. The van der Waals surface area contributed by atoms with Gasteiger partial charge in [0.05, 0.1) is 0 Å². The van der Waals surface area contributed by atoms with E-state index in [0.717, 1.165) is 38.1 Å². The van der Waals surface area contributed by atoms with Gasteiger partial charge < -0.3 is 10.4 Å². The minimum atomic E-state index is -0.693. The van der Waals surface area contributed by atoms with Gasteiger partial charge >= 0.3 is 5.97 Å². The van der Waals surface area contributed by atoms with Gasteiger partial charge in [0.15, 0.2) is 0 Å². The van der Waals surface area contributed by atoms with Gasteiger partial charge in [-0.2, -0.15) is 0 Å². The molecule has 0 unspecified atom stereocenters. The highest BCUT2D eigenvalue weighted by Crippen LogP contribution is 2.25. The molecule has 0 bridgehead atoms. The second-order valence-corrected chi connectivity index (χ2v) is 5.28. The van der Waals surface area contributed by atoms with Crippen LogP contribution >= 0.6 is 0 Å². The van der Waals surface area contributed by atoms with Crippen LogP contribution in [0.5, 0.6) is 0 Å². The molecular formula is C14H27NO2. The summed E-state index contributed by atoms with van der Waals surface area (Å²) in [6, 6.07) is -0.335. The summed E-state index contributed by atoms with van der Waals surface area (Å²) < 4.78 is 0. The third-order valence-corrected chi connectivity index (χ3v) is 3.81. The normalized spacial score (nSPS) is 19.1. The molecule has 0 aromatic carbocycles. The fraction of sp³-hybridized carbons (Fsp3) is 0.929. The molecule has 0 heterocycles. The van der Waals surface area contributed by atoms with Crippen molar-refractivity contribution >= 4 is 5.97 Å². The summed E-state index contributed by atoms with van der Waals surface area (Å²) in [6.45, 7) is 2.96. The second kappa shape index (κ2) is 8.51. The molecule has 1 fully saturated rings. The lowest BCUT2D eigenvalue weighted by Gasteiger charge is -2.22. The monoisotopic (exact) mass is 241 g/mol. The van der Waals surface area contributed by atoms with E-state index in [9.17, 15) is 4.79 Å². The van der Waals surface area contributed by atoms with Crippen molar-refractivity contribution in [3.63, 3.8) is 0 Å². The number of unbranched alkanes of at least 4 members (excludes halogenated alkanes) is 1. The van der Waals surface area contributed by atoms with Crippen molar-refractivity contribution in [2.45, 2.75) is 70.8 Å². The molecule has 0 aromatic rings. The van der Waals surface area contributed by atoms with Crippen molar-refractivity contribution in [1.29, 1.82) is 0 Å². The zero-order valence-corrected chi connectivity index (χ0v) is 11.1. The molecule has 0 saturated heterocycles. The van der Waals surface area contributed by atoms with Crippen molar-refractivity contribution in [2.24, 2.45) is 5.92 Å². The zero-order chi connectivity index (χ0) is 12.5. The number of carboxylic acid groups (broad SMARTS) is 1. The van der Waals surface area contributed by atoms with Gasteiger partial charge in [-0.3, -0.25) is 4.79 Å². The van der Waals surface area contributed by atoms with E-state index < -0.39 is 5.97 Å². The maximum atomic E-state index is 11.0. The van der Waals surface area contributed by atoms with E-state index in [1.54, 1.807) is 0 Å². The fourth-order valence-corrected chi connectivity index (χ4v) is 2.66. The molecule has 0 spiro atoms. The molecule has 3 nitrogen and oxygen atoms in total. The summed E-state index contributed by atoms with van der Waals surface area (Å²) in [5, 5.41) is 12.3. The van der Waals surface area contributed by atoms with E-state index in [4.69, 9.17) is 5.11 Å². The third kappa shape index (κ3) is 6.06. The van der Waals surface area contributed by atoms with Gasteiger partial charge in [0, 0.05) is 0 Å². The number of nitrogens with one attached hydrogen (secondary N) is 1. The topological polar surface area (TPSA) is 49.3 Å². The quantitative estimate of drug-likeness (QED) is 0.686. The predicted molar refractivity (Wildman–Crippen MR) is 70.1 cm³/mol. The smallest absolute Gasteiger partial charge is 0.320 e. The highest BCUT2D eigenvalue weighted by molar-refractivity contribution is 5.73. The lowest BCUT2D eigenvalue weighted by Crippen LogP contribution is -2.37. The average molecular weight is 241 g/mol. The van der Waals surface area contributed by atoms with E-state index in [1.165, 1.54) is 32.1 Å². The number of carbonyl (C=O) groups is 1. The van der Waals surface area contributed by atoms with Gasteiger partial charge in [-0.1, -0.05) is 51.9 Å². The van der Waals surface area contributed by atoms with Crippen molar-refractivity contribution < 1.29 is 9.90 Å². The van der Waals surface area contributed by atoms with Crippen LogP contribution in [-0.4, -0.2) is 23.7 Å². The Morgan fingerprint density at radius 2 is 2.06 bits per heavy atom. The standard InChI is InChI=1S/C14H27NO2/c1-2-3-9-13(14(16)17)15-11-10-12-7-5-4-6-8-12/h12-13,15H,2-11H2,1H3,(H,16,17)/t13-/m0/s1. The van der Waals surface area contributed by atoms with Crippen LogP contribution in [0.2, 0.25) is 0 Å². The molecule has 1 saturated carbocycles. The number of hydrogen-bond acceptors (Lipinski definition) is 2. The fourth-order valence-electron chi connectivity index (χ4n) is 2.66. The molecule has 1 atom stereocenters. The molecule has 0 amide bonds. The Labute approximate surface area is 105 Å². The van der Waals surface area contributed by atoms with E-state index in [-0.39, 0.29) is 6.04 Å². The molecule has 0 aromatic heterocycles. The van der Waals surface area contributed by atoms with Crippen LogP contribution in [0.3, 0.4) is 0 Å². The summed E-state index contributed by atoms with van der Waals surface area (Å²) in [5.74, 6) is 0.138. The number of hydrogen-bond donors (Lipinski definition) is 2. The molecule has 0 aliphatic heterocycles. The first kappa shape index (κ1) is 14.5. The Bertz CT molecular complexity index is 212. The van der Waals surface area contributed by atoms with Gasteiger partial charge in [0.2, 0.25) is 0 Å². The van der Waals surface area contributed by atoms with Crippen molar-refractivity contribution in [3.05, 3.63) is 0 Å². The summed E-state index contributed by atoms with van der Waals surface area (Å²) in [5.41, 5.74) is 0. The van der Waals surface area contributed by atoms with Crippen LogP contribution in [0.1, 0.15) is 64.7 Å². The zero-order valence-electron chi connectivity index (χ0n) is 11.1. The van der Waals surface area contributed by atoms with Crippen molar-refractivity contribution in [3.8, 4) is 0 Å². The lowest BCUT2D eigenvalue weighted by atomic mass is 9.87. The van der Waals surface area contributed by atoms with Gasteiger partial charge in [-0.25, -0.2) is 0 Å². The van der Waals surface area contributed by atoms with Gasteiger partial charge in [0.25, 0.3) is 0 Å². The Balaban J connectivity index is 2.14. The molecule has 1 rings (SSSR count). The average Bonchev–Trinajstić information content (AvgIpc) is 2.34. The van der Waals surface area contributed by atoms with E-state index in [0.29, 0.717) is 0 Å². The second-order valence-electron chi connectivity index (χ2n) is 5.28. The minimum absolute atomic E-state index is 0.335. The number of rotatable bonds is 8. The largest absolute Gasteiger partial charge is 0.480 e. The van der Waals surface area contributed by atoms with E-state index in [1.807, 2.05) is 0 Å². The molecule has 0 radical (unpaired) electrons. The van der Waals surface area contributed by atoms with Crippen molar-refractivity contribution in [2.75, 3.05) is 6.54 Å². The van der Waals surface area contributed by atoms with Gasteiger partial charge in [0.1, 0.15) is 6.04 Å². The summed E-state index contributed by atoms with van der Waals surface area (Å²) in [6.07, 6.45) is 10.8. The minimum Gasteiger partial charge on any atom is -0.480 e. The van der Waals surface area contributed by atoms with Crippen LogP contribution < -0.4 is 5.32 Å². The Morgan fingerprint density at radius 1 is 1.35 bits per heavy atom. The van der Waals surface area contributed by atoms with Crippen LogP contribution in [0.15, 0.2) is 0 Å². The number of carboxylic acids is 1. The molecule has 1 aliphatic carbocycles. The molecule has 1 aliphatic rings. The Kier molecular flexibility index (Phi) is 7.25. The first-order valence-electron chi connectivity index (χ1n) is 7.20. The predicted octanol–water partition coefficient (Wildman–Crippen LogP) is 3.19. The van der Waals surface area contributed by atoms with E-state index >= 15 is 0 Å². The summed E-state index contributed by atoms with van der Waals surface area (Å²) in [4.78, 5) is 11.0. The first-order valence-corrected chi connectivity index (χ1v) is 7.20.